The van der Waals surface area contributed by atoms with Crippen LogP contribution >= 0.6 is 0 Å². The van der Waals surface area contributed by atoms with Crippen LogP contribution in [0.5, 0.6) is 0 Å². The molecule has 0 atom stereocenters. The monoisotopic (exact) mass is 489 g/mol. The van der Waals surface area contributed by atoms with E-state index >= 15 is 0 Å². The molecule has 0 spiro atoms. The summed E-state index contributed by atoms with van der Waals surface area (Å²) in [5.41, 5.74) is 6.96. The Kier molecular flexibility index (Phi) is 13.3. The first-order valence-electron chi connectivity index (χ1n) is 10.1. The van der Waals surface area contributed by atoms with Crippen molar-refractivity contribution in [3.05, 3.63) is 41.0 Å². The molecule has 2 aliphatic carbocycles. The maximum Gasteiger partial charge on any atom is -1.00 e. The third kappa shape index (κ3) is 6.91. The standard InChI is InChI=1S/2C10H15.C2H7Si.2ClH.Zr/c2*1-3-4-5-10-7-6-9(2)8-10;1-3-2;;;/h2*7H,3-5,8H2,1-2H3;3H,1-2H3;2*1H;/q;;;;;+2/p-2. The predicted molar refractivity (Wildman–Crippen MR) is 109 cm³/mol. The molecule has 0 saturated heterocycles. The number of rotatable bonds is 9. The summed E-state index contributed by atoms with van der Waals surface area (Å²) in [6.07, 6.45) is 16.0. The second-order valence-electron chi connectivity index (χ2n) is 8.12. The average Bonchev–Trinajstić information content (AvgIpc) is 3.07. The van der Waals surface area contributed by atoms with Gasteiger partial charge in [0.2, 0.25) is 0 Å². The van der Waals surface area contributed by atoms with Crippen molar-refractivity contribution in [3.63, 3.8) is 0 Å². The summed E-state index contributed by atoms with van der Waals surface area (Å²) in [6.45, 7) is 14.8. The maximum atomic E-state index is 2.69. The molecule has 0 unspecified atom stereocenters. The van der Waals surface area contributed by atoms with Crippen molar-refractivity contribution >= 4 is 5.92 Å². The zero-order valence-corrected chi connectivity index (χ0v) is 22.8. The third-order valence-corrected chi connectivity index (χ3v) is 24.5. The number of hydrogen-bond donors (Lipinski definition) is 0. The van der Waals surface area contributed by atoms with E-state index in [9.17, 15) is 0 Å². The minimum Gasteiger partial charge on any atom is -1.00 e. The SMILES string of the molecule is CCCCC1=C[C]([Zr+2]([C]2=C(C)CC(CCCC)=C2)[SiH](C)C)=C(C)C1.[Cl-].[Cl-]. The largest absolute Gasteiger partial charge is 1.00 e. The number of allylic oxidation sites excluding steroid dienone is 8. The molecular weight excluding hydrogens is 454 g/mol. The van der Waals surface area contributed by atoms with Crippen molar-refractivity contribution < 1.29 is 45.7 Å². The van der Waals surface area contributed by atoms with Gasteiger partial charge in [0.05, 0.1) is 0 Å². The van der Waals surface area contributed by atoms with E-state index in [1.165, 1.54) is 51.4 Å². The molecule has 0 aromatic carbocycles. The van der Waals surface area contributed by atoms with Gasteiger partial charge in [0, 0.05) is 0 Å². The second kappa shape index (κ2) is 13.0. The van der Waals surface area contributed by atoms with Crippen LogP contribution in [0.3, 0.4) is 0 Å². The van der Waals surface area contributed by atoms with E-state index in [-0.39, 0.29) is 24.8 Å². The van der Waals surface area contributed by atoms with Crippen LogP contribution in [0.4, 0.5) is 0 Å². The summed E-state index contributed by atoms with van der Waals surface area (Å²) in [5.74, 6) is -0.586. The van der Waals surface area contributed by atoms with Crippen LogP contribution in [-0.4, -0.2) is 5.92 Å². The van der Waals surface area contributed by atoms with Crippen LogP contribution in [0.1, 0.15) is 79.1 Å². The quantitative estimate of drug-likeness (QED) is 0.425. The second-order valence-corrected chi connectivity index (χ2v) is 27.0. The number of hydrogen-bond acceptors (Lipinski definition) is 0. The molecule has 0 aromatic heterocycles. The molecule has 0 bridgehead atoms. The van der Waals surface area contributed by atoms with Crippen molar-refractivity contribution in [2.45, 2.75) is 92.2 Å². The summed E-state index contributed by atoms with van der Waals surface area (Å²) in [6, 6.07) is 0. The van der Waals surface area contributed by atoms with Gasteiger partial charge in [-0.2, -0.15) is 0 Å². The van der Waals surface area contributed by atoms with Crippen molar-refractivity contribution in [2.24, 2.45) is 0 Å². The van der Waals surface area contributed by atoms with Crippen LogP contribution in [-0.2, 0) is 20.9 Å². The van der Waals surface area contributed by atoms with Crippen molar-refractivity contribution in [3.8, 4) is 0 Å². The van der Waals surface area contributed by atoms with Crippen molar-refractivity contribution in [1.82, 2.24) is 0 Å². The topological polar surface area (TPSA) is 0 Å². The van der Waals surface area contributed by atoms with Crippen molar-refractivity contribution in [1.29, 1.82) is 0 Å². The minimum atomic E-state index is -1.62. The summed E-state index contributed by atoms with van der Waals surface area (Å²) in [4.78, 5) is 0. The van der Waals surface area contributed by atoms with Gasteiger partial charge in [0.25, 0.3) is 0 Å². The van der Waals surface area contributed by atoms with Gasteiger partial charge in [0.15, 0.2) is 0 Å². The molecule has 4 heteroatoms. The van der Waals surface area contributed by atoms with E-state index in [1.54, 1.807) is 22.3 Å². The van der Waals surface area contributed by atoms with Gasteiger partial charge in [-0.15, -0.1) is 0 Å². The average molecular weight is 492 g/mol. The molecular formula is C22H37Cl2SiZr. The smallest absolute Gasteiger partial charge is 1.00 e. The van der Waals surface area contributed by atoms with E-state index in [2.05, 4.69) is 52.9 Å². The fourth-order valence-electron chi connectivity index (χ4n) is 4.14. The molecule has 0 aromatic rings. The fraction of sp³-hybridized carbons (Fsp3) is 0.636. The number of unbranched alkanes of at least 4 members (excludes halogenated alkanes) is 2. The van der Waals surface area contributed by atoms with E-state index in [0.29, 0.717) is 0 Å². The Balaban J connectivity index is 0.00000312. The molecule has 0 heterocycles. The Labute approximate surface area is 183 Å². The molecule has 0 nitrogen and oxygen atoms in total. The molecule has 0 aliphatic heterocycles. The molecule has 0 radical (unpaired) electrons. The maximum absolute atomic E-state index is 2.69. The van der Waals surface area contributed by atoms with Gasteiger partial charge in [-0.3, -0.25) is 0 Å². The molecule has 26 heavy (non-hydrogen) atoms. The van der Waals surface area contributed by atoms with Gasteiger partial charge >= 0.3 is 160 Å². The zero-order valence-electron chi connectivity index (χ0n) is 17.6. The molecule has 0 saturated carbocycles. The van der Waals surface area contributed by atoms with Gasteiger partial charge in [-0.25, -0.2) is 0 Å². The first kappa shape index (κ1) is 26.6. The first-order valence-corrected chi connectivity index (χ1v) is 19.7. The summed E-state index contributed by atoms with van der Waals surface area (Å²) >= 11 is -1.62. The molecule has 0 N–H and O–H groups in total. The predicted octanol–water partition coefficient (Wildman–Crippen LogP) is 1.18. The summed E-state index contributed by atoms with van der Waals surface area (Å²) in [7, 11) is 0. The molecule has 0 fully saturated rings. The van der Waals surface area contributed by atoms with E-state index in [0.717, 1.165) is 0 Å². The van der Waals surface area contributed by atoms with Gasteiger partial charge < -0.3 is 24.8 Å². The van der Waals surface area contributed by atoms with E-state index < -0.39 is 26.8 Å². The fourth-order valence-corrected chi connectivity index (χ4v) is 23.6. The molecule has 0 amide bonds. The Morgan fingerprint density at radius 3 is 1.50 bits per heavy atom. The van der Waals surface area contributed by atoms with Crippen LogP contribution in [0.2, 0.25) is 13.1 Å². The first-order chi connectivity index (χ1) is 11.5. The Hall–Kier alpha value is 0.640. The van der Waals surface area contributed by atoms with E-state index in [4.69, 9.17) is 0 Å². The summed E-state index contributed by atoms with van der Waals surface area (Å²) in [5, 5.41) is 0. The van der Waals surface area contributed by atoms with E-state index in [1.807, 2.05) is 6.56 Å². The Morgan fingerprint density at radius 1 is 0.808 bits per heavy atom. The van der Waals surface area contributed by atoms with Crippen LogP contribution < -0.4 is 24.8 Å². The minimum absolute atomic E-state index is 0. The van der Waals surface area contributed by atoms with Gasteiger partial charge in [-0.1, -0.05) is 0 Å². The molecule has 2 aliphatic rings. The molecule has 2 rings (SSSR count). The van der Waals surface area contributed by atoms with Crippen molar-refractivity contribution in [2.75, 3.05) is 0 Å². The number of halogens is 2. The van der Waals surface area contributed by atoms with Crippen LogP contribution in [0, 0.1) is 0 Å². The van der Waals surface area contributed by atoms with Gasteiger partial charge in [-0.05, 0) is 0 Å². The van der Waals surface area contributed by atoms with Crippen LogP contribution in [0.15, 0.2) is 41.0 Å². The van der Waals surface area contributed by atoms with Crippen LogP contribution in [0.25, 0.3) is 0 Å². The van der Waals surface area contributed by atoms with Gasteiger partial charge in [0.1, 0.15) is 0 Å². The Bertz CT molecular complexity index is 537. The third-order valence-electron chi connectivity index (χ3n) is 5.46. The summed E-state index contributed by atoms with van der Waals surface area (Å²) < 4.78 is 3.79. The normalized spacial score (nSPS) is 16.6. The Morgan fingerprint density at radius 2 is 1.19 bits per heavy atom. The zero-order chi connectivity index (χ0) is 17.7. The molecule has 147 valence electrons.